The lowest BCUT2D eigenvalue weighted by Crippen LogP contribution is -2.47. The van der Waals surface area contributed by atoms with Gasteiger partial charge in [-0.05, 0) is 44.2 Å². The predicted octanol–water partition coefficient (Wildman–Crippen LogP) is 1.57. The van der Waals surface area contributed by atoms with Gasteiger partial charge in [0, 0.05) is 19.1 Å². The fraction of sp³-hybridized carbons (Fsp3) is 1.00. The van der Waals surface area contributed by atoms with Crippen molar-refractivity contribution in [3.8, 4) is 0 Å². The van der Waals surface area contributed by atoms with Crippen molar-refractivity contribution in [1.82, 2.24) is 10.2 Å². The zero-order valence-corrected chi connectivity index (χ0v) is 9.79. The van der Waals surface area contributed by atoms with Crippen LogP contribution in [0.5, 0.6) is 0 Å². The normalized spacial score (nSPS) is 43.9. The molecule has 1 aliphatic heterocycles. The molecule has 1 heterocycles. The quantitative estimate of drug-likeness (QED) is 0.737. The van der Waals surface area contributed by atoms with E-state index in [1.807, 2.05) is 0 Å². The smallest absolute Gasteiger partial charge is 0.0114 e. The molecule has 82 valence electrons. The summed E-state index contributed by atoms with van der Waals surface area (Å²) in [5, 5.41) is 3.43. The third-order valence-electron chi connectivity index (χ3n) is 4.13. The van der Waals surface area contributed by atoms with E-state index in [4.69, 9.17) is 0 Å². The Hall–Kier alpha value is -0.0800. The third kappa shape index (κ3) is 2.29. The van der Waals surface area contributed by atoms with Crippen molar-refractivity contribution in [2.75, 3.05) is 26.7 Å². The minimum absolute atomic E-state index is 0.753. The van der Waals surface area contributed by atoms with Crippen LogP contribution >= 0.6 is 0 Å². The number of hydrogen-bond donors (Lipinski definition) is 1. The largest absolute Gasteiger partial charge is 0.317 e. The Morgan fingerprint density at radius 3 is 2.50 bits per heavy atom. The van der Waals surface area contributed by atoms with Crippen molar-refractivity contribution in [2.45, 2.75) is 32.7 Å². The number of piperidine rings is 1. The van der Waals surface area contributed by atoms with Gasteiger partial charge in [0.25, 0.3) is 0 Å². The summed E-state index contributed by atoms with van der Waals surface area (Å²) in [4.78, 5) is 2.67. The molecule has 0 bridgehead atoms. The second-order valence-corrected chi connectivity index (χ2v) is 5.39. The number of likely N-dealkylation sites (tertiary alicyclic amines) is 1. The predicted molar refractivity (Wildman–Crippen MR) is 60.3 cm³/mol. The van der Waals surface area contributed by atoms with Gasteiger partial charge in [-0.15, -0.1) is 0 Å². The summed E-state index contributed by atoms with van der Waals surface area (Å²) in [5.74, 6) is 2.85. The van der Waals surface area contributed by atoms with Crippen LogP contribution in [0, 0.1) is 17.8 Å². The Morgan fingerprint density at radius 1 is 1.29 bits per heavy atom. The lowest BCUT2D eigenvalue weighted by atomic mass is 9.94. The van der Waals surface area contributed by atoms with E-state index in [0.717, 1.165) is 23.8 Å². The van der Waals surface area contributed by atoms with Crippen molar-refractivity contribution >= 4 is 0 Å². The highest BCUT2D eigenvalue weighted by Gasteiger charge is 2.35. The summed E-state index contributed by atoms with van der Waals surface area (Å²) in [7, 11) is 2.10. The SMILES string of the molecule is CNC1CCN(CC2CC2C)CC1C. The van der Waals surface area contributed by atoms with E-state index in [1.165, 1.54) is 32.5 Å². The van der Waals surface area contributed by atoms with Gasteiger partial charge in [0.2, 0.25) is 0 Å². The number of rotatable bonds is 3. The molecule has 2 fully saturated rings. The molecule has 0 aromatic rings. The van der Waals surface area contributed by atoms with Gasteiger partial charge in [-0.25, -0.2) is 0 Å². The molecule has 1 aliphatic carbocycles. The van der Waals surface area contributed by atoms with Crippen LogP contribution in [0.2, 0.25) is 0 Å². The highest BCUT2D eigenvalue weighted by Crippen LogP contribution is 2.38. The summed E-state index contributed by atoms with van der Waals surface area (Å²) in [6, 6.07) is 0.753. The summed E-state index contributed by atoms with van der Waals surface area (Å²) < 4.78 is 0. The van der Waals surface area contributed by atoms with E-state index in [-0.39, 0.29) is 0 Å². The summed E-state index contributed by atoms with van der Waals surface area (Å²) >= 11 is 0. The van der Waals surface area contributed by atoms with Crippen molar-refractivity contribution in [1.29, 1.82) is 0 Å². The standard InChI is InChI=1S/C12H24N2/c1-9-6-11(9)8-14-5-4-12(13-3)10(2)7-14/h9-13H,4-8H2,1-3H3. The number of nitrogens with one attached hydrogen (secondary N) is 1. The maximum atomic E-state index is 3.43. The van der Waals surface area contributed by atoms with Crippen LogP contribution in [0.1, 0.15) is 26.7 Å². The van der Waals surface area contributed by atoms with Gasteiger partial charge in [-0.3, -0.25) is 0 Å². The van der Waals surface area contributed by atoms with E-state index < -0.39 is 0 Å². The maximum Gasteiger partial charge on any atom is 0.0114 e. The molecule has 14 heavy (non-hydrogen) atoms. The van der Waals surface area contributed by atoms with Crippen molar-refractivity contribution in [3.05, 3.63) is 0 Å². The van der Waals surface area contributed by atoms with Crippen LogP contribution in [-0.4, -0.2) is 37.6 Å². The van der Waals surface area contributed by atoms with Gasteiger partial charge in [0.05, 0.1) is 0 Å². The lowest BCUT2D eigenvalue weighted by molar-refractivity contribution is 0.144. The van der Waals surface area contributed by atoms with Gasteiger partial charge in [-0.1, -0.05) is 13.8 Å². The molecule has 4 unspecified atom stereocenters. The Balaban J connectivity index is 1.75. The third-order valence-corrected chi connectivity index (χ3v) is 4.13. The second-order valence-electron chi connectivity index (χ2n) is 5.39. The fourth-order valence-corrected chi connectivity index (χ4v) is 2.81. The Bertz CT molecular complexity index is 193. The summed E-state index contributed by atoms with van der Waals surface area (Å²) in [6.45, 7) is 8.73. The van der Waals surface area contributed by atoms with E-state index in [9.17, 15) is 0 Å². The molecule has 0 spiro atoms. The number of nitrogens with zero attached hydrogens (tertiary/aromatic N) is 1. The maximum absolute atomic E-state index is 3.43. The Morgan fingerprint density at radius 2 is 2.00 bits per heavy atom. The summed E-state index contributed by atoms with van der Waals surface area (Å²) in [6.07, 6.45) is 2.80. The second kappa shape index (κ2) is 4.19. The summed E-state index contributed by atoms with van der Waals surface area (Å²) in [5.41, 5.74) is 0. The fourth-order valence-electron chi connectivity index (χ4n) is 2.81. The van der Waals surface area contributed by atoms with Gasteiger partial charge >= 0.3 is 0 Å². The molecule has 2 rings (SSSR count). The van der Waals surface area contributed by atoms with Gasteiger partial charge in [0.15, 0.2) is 0 Å². The molecule has 0 aromatic carbocycles. The minimum atomic E-state index is 0.753. The van der Waals surface area contributed by atoms with Crippen LogP contribution in [-0.2, 0) is 0 Å². The average Bonchev–Trinajstić information content (AvgIpc) is 2.82. The Labute approximate surface area is 88.1 Å². The van der Waals surface area contributed by atoms with Crippen molar-refractivity contribution in [2.24, 2.45) is 17.8 Å². The molecule has 4 atom stereocenters. The van der Waals surface area contributed by atoms with E-state index in [2.05, 4.69) is 31.1 Å². The van der Waals surface area contributed by atoms with Crippen LogP contribution < -0.4 is 5.32 Å². The average molecular weight is 196 g/mol. The monoisotopic (exact) mass is 196 g/mol. The zero-order chi connectivity index (χ0) is 10.1. The molecular formula is C12H24N2. The van der Waals surface area contributed by atoms with E-state index in [1.54, 1.807) is 0 Å². The lowest BCUT2D eigenvalue weighted by Gasteiger charge is -2.36. The van der Waals surface area contributed by atoms with Gasteiger partial charge in [0.1, 0.15) is 0 Å². The first-order chi connectivity index (χ1) is 6.70. The molecule has 2 aliphatic rings. The first-order valence-electron chi connectivity index (χ1n) is 6.10. The molecule has 2 heteroatoms. The van der Waals surface area contributed by atoms with Crippen molar-refractivity contribution < 1.29 is 0 Å². The van der Waals surface area contributed by atoms with Gasteiger partial charge < -0.3 is 10.2 Å². The minimum Gasteiger partial charge on any atom is -0.317 e. The zero-order valence-electron chi connectivity index (χ0n) is 9.79. The molecule has 0 aromatic heterocycles. The Kier molecular flexibility index (Phi) is 3.13. The first kappa shape index (κ1) is 10.4. The number of hydrogen-bond acceptors (Lipinski definition) is 2. The topological polar surface area (TPSA) is 15.3 Å². The van der Waals surface area contributed by atoms with Crippen molar-refractivity contribution in [3.63, 3.8) is 0 Å². The van der Waals surface area contributed by atoms with E-state index >= 15 is 0 Å². The highest BCUT2D eigenvalue weighted by molar-refractivity contribution is 4.88. The van der Waals surface area contributed by atoms with E-state index in [0.29, 0.717) is 0 Å². The molecule has 1 saturated carbocycles. The van der Waals surface area contributed by atoms with Crippen LogP contribution in [0.3, 0.4) is 0 Å². The van der Waals surface area contributed by atoms with Crippen LogP contribution in [0.25, 0.3) is 0 Å². The highest BCUT2D eigenvalue weighted by atomic mass is 15.2. The van der Waals surface area contributed by atoms with Crippen LogP contribution in [0.4, 0.5) is 0 Å². The molecule has 1 saturated heterocycles. The first-order valence-corrected chi connectivity index (χ1v) is 6.10. The molecule has 0 amide bonds. The molecule has 2 nitrogen and oxygen atoms in total. The molecular weight excluding hydrogens is 172 g/mol. The van der Waals surface area contributed by atoms with Gasteiger partial charge in [-0.2, -0.15) is 0 Å². The molecule has 1 N–H and O–H groups in total. The molecule has 0 radical (unpaired) electrons. The van der Waals surface area contributed by atoms with Crippen LogP contribution in [0.15, 0.2) is 0 Å².